The number of aryl methyl sites for hydroxylation is 3. The number of carbonyl (C=O) groups excluding carboxylic acids is 1. The molecular weight excluding hydrogens is 432 g/mol. The van der Waals surface area contributed by atoms with E-state index in [1.807, 2.05) is 93.6 Å². The van der Waals surface area contributed by atoms with E-state index in [-0.39, 0.29) is 24.9 Å². The van der Waals surface area contributed by atoms with Crippen molar-refractivity contribution in [2.45, 2.75) is 39.7 Å². The minimum atomic E-state index is -3.46. The fourth-order valence-electron chi connectivity index (χ4n) is 3.96. The molecule has 0 radical (unpaired) electrons. The molecule has 6 heteroatoms. The van der Waals surface area contributed by atoms with Crippen LogP contribution < -0.4 is 9.62 Å². The van der Waals surface area contributed by atoms with E-state index in [1.165, 1.54) is 10.6 Å². The summed E-state index contributed by atoms with van der Waals surface area (Å²) in [6, 6.07) is 23.4. The summed E-state index contributed by atoms with van der Waals surface area (Å²) in [5.74, 6) is -0.113. The summed E-state index contributed by atoms with van der Waals surface area (Å²) in [4.78, 5) is 12.9. The Balaban J connectivity index is 1.70. The van der Waals surface area contributed by atoms with Crippen LogP contribution in [0.25, 0.3) is 0 Å². The summed E-state index contributed by atoms with van der Waals surface area (Å²) in [6.07, 6.45) is 1.85. The molecule has 1 atom stereocenters. The number of anilines is 1. The number of rotatable bonds is 9. The van der Waals surface area contributed by atoms with Crippen LogP contribution in [0, 0.1) is 20.8 Å². The molecule has 5 nitrogen and oxygen atoms in total. The molecule has 1 N–H and O–H groups in total. The predicted molar refractivity (Wildman–Crippen MR) is 135 cm³/mol. The molecule has 3 aromatic rings. The lowest BCUT2D eigenvalue weighted by atomic mass is 9.97. The van der Waals surface area contributed by atoms with Crippen molar-refractivity contribution in [1.29, 1.82) is 0 Å². The van der Waals surface area contributed by atoms with Crippen molar-refractivity contribution >= 4 is 21.6 Å². The molecule has 174 valence electrons. The molecule has 33 heavy (non-hydrogen) atoms. The molecule has 3 rings (SSSR count). The van der Waals surface area contributed by atoms with Gasteiger partial charge in [0, 0.05) is 13.0 Å². The van der Waals surface area contributed by atoms with Gasteiger partial charge in [0.2, 0.25) is 15.9 Å². The van der Waals surface area contributed by atoms with Crippen molar-refractivity contribution < 1.29 is 13.2 Å². The standard InChI is InChI=1S/C27H32N2O3S/c1-20-12-14-24(15-13-20)27(23-9-6-5-7-10-23)28-26(30)11-8-16-29(33(4,31)32)25-18-21(2)17-22(3)19-25/h5-7,9-10,12-15,17-19,27H,8,11,16H2,1-4H3,(H,28,30)/t27-/m1/s1. The average molecular weight is 465 g/mol. The van der Waals surface area contributed by atoms with Crippen LogP contribution in [-0.2, 0) is 14.8 Å². The van der Waals surface area contributed by atoms with Gasteiger partial charge >= 0.3 is 0 Å². The van der Waals surface area contributed by atoms with Crippen LogP contribution >= 0.6 is 0 Å². The Labute approximate surface area is 197 Å². The molecule has 0 saturated heterocycles. The zero-order chi connectivity index (χ0) is 24.0. The first-order valence-electron chi connectivity index (χ1n) is 11.1. The molecule has 0 heterocycles. The van der Waals surface area contributed by atoms with E-state index in [2.05, 4.69) is 5.32 Å². The minimum absolute atomic E-state index is 0.113. The van der Waals surface area contributed by atoms with Crippen molar-refractivity contribution in [3.63, 3.8) is 0 Å². The first kappa shape index (κ1) is 24.5. The maximum atomic E-state index is 12.9. The smallest absolute Gasteiger partial charge is 0.232 e. The number of hydrogen-bond donors (Lipinski definition) is 1. The second-order valence-electron chi connectivity index (χ2n) is 8.61. The SMILES string of the molecule is Cc1ccc([C@H](NC(=O)CCCN(c2cc(C)cc(C)c2)S(C)(=O)=O)c2ccccc2)cc1. The van der Waals surface area contributed by atoms with Gasteiger partial charge in [-0.1, -0.05) is 66.2 Å². The topological polar surface area (TPSA) is 66.5 Å². The van der Waals surface area contributed by atoms with E-state index in [0.717, 1.165) is 27.8 Å². The summed E-state index contributed by atoms with van der Waals surface area (Å²) >= 11 is 0. The monoisotopic (exact) mass is 464 g/mol. The number of amides is 1. The van der Waals surface area contributed by atoms with Gasteiger partial charge in [-0.05, 0) is 61.6 Å². The third-order valence-electron chi connectivity index (χ3n) is 5.51. The largest absolute Gasteiger partial charge is 0.345 e. The lowest BCUT2D eigenvalue weighted by Crippen LogP contribution is -2.33. The first-order valence-corrected chi connectivity index (χ1v) is 13.0. The van der Waals surface area contributed by atoms with E-state index in [0.29, 0.717) is 12.1 Å². The second kappa shape index (κ2) is 10.7. The van der Waals surface area contributed by atoms with E-state index in [4.69, 9.17) is 0 Å². The minimum Gasteiger partial charge on any atom is -0.345 e. The summed E-state index contributed by atoms with van der Waals surface area (Å²) in [5.41, 5.74) is 5.80. The van der Waals surface area contributed by atoms with Crippen LogP contribution in [0.4, 0.5) is 5.69 Å². The lowest BCUT2D eigenvalue weighted by Gasteiger charge is -2.24. The summed E-state index contributed by atoms with van der Waals surface area (Å²) in [7, 11) is -3.46. The third kappa shape index (κ3) is 6.93. The van der Waals surface area contributed by atoms with E-state index in [1.54, 1.807) is 0 Å². The van der Waals surface area contributed by atoms with Crippen LogP contribution in [0.15, 0.2) is 72.8 Å². The van der Waals surface area contributed by atoms with Gasteiger partial charge in [-0.25, -0.2) is 8.42 Å². The van der Waals surface area contributed by atoms with Gasteiger partial charge in [0.15, 0.2) is 0 Å². The summed E-state index contributed by atoms with van der Waals surface area (Å²) < 4.78 is 26.2. The maximum absolute atomic E-state index is 12.9. The Morgan fingerprint density at radius 3 is 2.00 bits per heavy atom. The van der Waals surface area contributed by atoms with Crippen molar-refractivity contribution in [3.8, 4) is 0 Å². The molecule has 0 spiro atoms. The highest BCUT2D eigenvalue weighted by Crippen LogP contribution is 2.24. The Morgan fingerprint density at radius 1 is 0.848 bits per heavy atom. The van der Waals surface area contributed by atoms with Crippen LogP contribution in [0.1, 0.15) is 46.7 Å². The number of nitrogens with zero attached hydrogens (tertiary/aromatic N) is 1. The number of benzene rings is 3. The average Bonchev–Trinajstić information content (AvgIpc) is 2.75. The van der Waals surface area contributed by atoms with Gasteiger partial charge < -0.3 is 5.32 Å². The number of hydrogen-bond acceptors (Lipinski definition) is 3. The lowest BCUT2D eigenvalue weighted by molar-refractivity contribution is -0.121. The zero-order valence-corrected chi connectivity index (χ0v) is 20.5. The van der Waals surface area contributed by atoms with E-state index in [9.17, 15) is 13.2 Å². The number of nitrogens with one attached hydrogen (secondary N) is 1. The van der Waals surface area contributed by atoms with E-state index >= 15 is 0 Å². The maximum Gasteiger partial charge on any atom is 0.232 e. The zero-order valence-electron chi connectivity index (χ0n) is 19.7. The fourth-order valence-corrected chi connectivity index (χ4v) is 4.91. The van der Waals surface area contributed by atoms with E-state index < -0.39 is 10.0 Å². The molecule has 0 bridgehead atoms. The van der Waals surface area contributed by atoms with Crippen molar-refractivity contribution in [2.75, 3.05) is 17.1 Å². The molecule has 0 unspecified atom stereocenters. The van der Waals surface area contributed by atoms with Crippen LogP contribution in [0.3, 0.4) is 0 Å². The molecule has 1 amide bonds. The molecule has 0 saturated carbocycles. The Bertz CT molecular complexity index is 1170. The van der Waals surface area contributed by atoms with Crippen molar-refractivity contribution in [2.24, 2.45) is 0 Å². The normalized spacial score (nSPS) is 12.2. The highest BCUT2D eigenvalue weighted by Gasteiger charge is 2.20. The molecule has 0 fully saturated rings. The summed E-state index contributed by atoms with van der Waals surface area (Å²) in [6.45, 7) is 6.16. The van der Waals surface area contributed by atoms with Crippen LogP contribution in [-0.4, -0.2) is 27.1 Å². The van der Waals surface area contributed by atoms with Gasteiger partial charge in [-0.15, -0.1) is 0 Å². The van der Waals surface area contributed by atoms with Crippen LogP contribution in [0.2, 0.25) is 0 Å². The number of carbonyl (C=O) groups is 1. The molecular formula is C27H32N2O3S. The molecule has 0 aromatic heterocycles. The highest BCUT2D eigenvalue weighted by atomic mass is 32.2. The molecule has 0 aliphatic carbocycles. The highest BCUT2D eigenvalue weighted by molar-refractivity contribution is 7.92. The number of sulfonamides is 1. The van der Waals surface area contributed by atoms with Crippen molar-refractivity contribution in [1.82, 2.24) is 5.32 Å². The van der Waals surface area contributed by atoms with Gasteiger partial charge in [-0.2, -0.15) is 0 Å². The van der Waals surface area contributed by atoms with Gasteiger partial charge in [-0.3, -0.25) is 9.10 Å². The van der Waals surface area contributed by atoms with Gasteiger partial charge in [0.1, 0.15) is 0 Å². The molecule has 3 aromatic carbocycles. The Kier molecular flexibility index (Phi) is 7.92. The van der Waals surface area contributed by atoms with Gasteiger partial charge in [0.05, 0.1) is 18.0 Å². The Morgan fingerprint density at radius 2 is 1.42 bits per heavy atom. The van der Waals surface area contributed by atoms with Crippen molar-refractivity contribution in [3.05, 3.63) is 101 Å². The quantitative estimate of drug-likeness (QED) is 0.481. The molecule has 0 aliphatic rings. The summed E-state index contributed by atoms with van der Waals surface area (Å²) in [5, 5.41) is 3.13. The van der Waals surface area contributed by atoms with Crippen LogP contribution in [0.5, 0.6) is 0 Å². The van der Waals surface area contributed by atoms with Gasteiger partial charge in [0.25, 0.3) is 0 Å². The fraction of sp³-hybridized carbons (Fsp3) is 0.296. The predicted octanol–water partition coefficient (Wildman–Crippen LogP) is 5.06. The molecule has 0 aliphatic heterocycles. The first-order chi connectivity index (χ1) is 15.6. The second-order valence-corrected chi connectivity index (χ2v) is 10.5. The third-order valence-corrected chi connectivity index (χ3v) is 6.70. The Hall–Kier alpha value is -3.12.